The first-order valence-electron chi connectivity index (χ1n) is 4.29. The number of hydrogen-bond acceptors (Lipinski definition) is 3. The van der Waals surface area contributed by atoms with Gasteiger partial charge in [0.2, 0.25) is 0 Å². The first kappa shape index (κ1) is 14.1. The van der Waals surface area contributed by atoms with Crippen LogP contribution in [0.4, 0.5) is 28.4 Å². The molecule has 0 aliphatic rings. The normalized spacial score (nSPS) is 10.9. The molecule has 98 valence electrons. The lowest BCUT2D eigenvalue weighted by Gasteiger charge is -2.14. The van der Waals surface area contributed by atoms with Crippen molar-refractivity contribution < 1.29 is 32.6 Å². The van der Waals surface area contributed by atoms with Crippen molar-refractivity contribution in [1.82, 2.24) is 0 Å². The van der Waals surface area contributed by atoms with E-state index in [0.29, 0.717) is 0 Å². The van der Waals surface area contributed by atoms with E-state index in [9.17, 15) is 22.8 Å². The van der Waals surface area contributed by atoms with E-state index >= 15 is 0 Å². The summed E-state index contributed by atoms with van der Waals surface area (Å²) in [6.45, 7) is 0. The number of imide groups is 1. The number of halogens is 4. The van der Waals surface area contributed by atoms with Gasteiger partial charge in [0, 0.05) is 0 Å². The lowest BCUT2D eigenvalue weighted by Crippen LogP contribution is -2.31. The van der Waals surface area contributed by atoms with Crippen LogP contribution in [0.1, 0.15) is 0 Å². The summed E-state index contributed by atoms with van der Waals surface area (Å²) in [6, 6.07) is 3.63. The van der Waals surface area contributed by atoms with Gasteiger partial charge < -0.3 is 9.84 Å². The molecular weight excluding hydrogens is 279 g/mol. The van der Waals surface area contributed by atoms with Gasteiger partial charge in [0.1, 0.15) is 5.75 Å². The fraction of sp³-hybridized carbons (Fsp3) is 0.111. The molecule has 1 N–H and O–H groups in total. The zero-order valence-corrected chi connectivity index (χ0v) is 9.20. The maximum Gasteiger partial charge on any atom is 0.573 e. The molecule has 0 saturated heterocycles. The number of amides is 2. The smallest absolute Gasteiger partial charge is 0.464 e. The van der Waals surface area contributed by atoms with Crippen molar-refractivity contribution in [3.8, 4) is 5.75 Å². The molecule has 0 saturated carbocycles. The minimum Gasteiger partial charge on any atom is -0.464 e. The minimum atomic E-state index is -4.85. The first-order chi connectivity index (χ1) is 8.20. The highest BCUT2D eigenvalue weighted by molar-refractivity contribution is 6.68. The average molecular weight is 284 g/mol. The zero-order valence-electron chi connectivity index (χ0n) is 8.44. The number of benzene rings is 1. The maximum atomic E-state index is 11.9. The average Bonchev–Trinajstić information content (AvgIpc) is 2.17. The number of rotatable bonds is 2. The van der Waals surface area contributed by atoms with E-state index in [1.807, 2.05) is 0 Å². The minimum absolute atomic E-state index is 0.166. The molecule has 0 spiro atoms. The number of carbonyl (C=O) groups excluding carboxylic acids is 1. The molecule has 0 aliphatic carbocycles. The second kappa shape index (κ2) is 5.13. The second-order valence-electron chi connectivity index (χ2n) is 2.91. The summed E-state index contributed by atoms with van der Waals surface area (Å²) in [6.07, 6.45) is -6.50. The number of anilines is 1. The predicted octanol–water partition coefficient (Wildman–Crippen LogP) is 3.43. The molecule has 0 radical (unpaired) electrons. The number of ether oxygens (including phenoxy) is 1. The van der Waals surface area contributed by atoms with Gasteiger partial charge in [-0.05, 0) is 35.9 Å². The SMILES string of the molecule is O=C(O)N(C(=O)Cl)c1ccc(OC(F)(F)F)cc1. The Morgan fingerprint density at radius 2 is 1.72 bits per heavy atom. The van der Waals surface area contributed by atoms with Gasteiger partial charge in [-0.15, -0.1) is 13.2 Å². The van der Waals surface area contributed by atoms with Crippen LogP contribution in [0.15, 0.2) is 24.3 Å². The highest BCUT2D eigenvalue weighted by Gasteiger charge is 2.31. The predicted molar refractivity (Wildman–Crippen MR) is 54.9 cm³/mol. The third kappa shape index (κ3) is 3.81. The molecule has 0 bridgehead atoms. The van der Waals surface area contributed by atoms with Crippen LogP contribution in [0.5, 0.6) is 5.75 Å². The fourth-order valence-electron chi connectivity index (χ4n) is 1.08. The summed E-state index contributed by atoms with van der Waals surface area (Å²) in [4.78, 5) is 21.6. The van der Waals surface area contributed by atoms with Crippen LogP contribution in [0.3, 0.4) is 0 Å². The summed E-state index contributed by atoms with van der Waals surface area (Å²) < 4.78 is 39.1. The molecule has 2 amide bonds. The van der Waals surface area contributed by atoms with Gasteiger partial charge in [-0.1, -0.05) is 0 Å². The molecule has 0 heterocycles. The van der Waals surface area contributed by atoms with Crippen LogP contribution in [0.2, 0.25) is 0 Å². The Labute approximate surface area is 103 Å². The molecule has 0 fully saturated rings. The molecular formula is C9H5ClF3NO4. The highest BCUT2D eigenvalue weighted by atomic mass is 35.5. The van der Waals surface area contributed by atoms with E-state index < -0.39 is 23.6 Å². The van der Waals surface area contributed by atoms with Crippen LogP contribution in [-0.4, -0.2) is 22.9 Å². The molecule has 0 aliphatic heterocycles. The lowest BCUT2D eigenvalue weighted by molar-refractivity contribution is -0.274. The molecule has 18 heavy (non-hydrogen) atoms. The monoisotopic (exact) mass is 283 g/mol. The third-order valence-corrected chi connectivity index (χ3v) is 1.86. The number of alkyl halides is 3. The Balaban J connectivity index is 2.94. The van der Waals surface area contributed by atoms with Crippen LogP contribution >= 0.6 is 11.6 Å². The largest absolute Gasteiger partial charge is 0.573 e. The van der Waals surface area contributed by atoms with Crippen LogP contribution in [-0.2, 0) is 0 Å². The quantitative estimate of drug-likeness (QED) is 0.667. The highest BCUT2D eigenvalue weighted by Crippen LogP contribution is 2.25. The summed E-state index contributed by atoms with van der Waals surface area (Å²) in [5, 5.41) is 7.36. The molecule has 1 aromatic rings. The van der Waals surface area contributed by atoms with E-state index in [2.05, 4.69) is 4.74 Å². The van der Waals surface area contributed by atoms with Crippen LogP contribution in [0.25, 0.3) is 0 Å². The number of hydrogen-bond donors (Lipinski definition) is 1. The topological polar surface area (TPSA) is 66.8 Å². The zero-order chi connectivity index (χ0) is 13.9. The standard InChI is InChI=1S/C9H5ClF3NO4/c10-7(15)14(8(16)17)5-1-3-6(4-2-5)18-9(11,12)13/h1-4H,(H,16,17). The molecule has 9 heteroatoms. The number of carboxylic acid groups (broad SMARTS) is 1. The summed E-state index contributed by atoms with van der Waals surface area (Å²) >= 11 is 5.01. The van der Waals surface area contributed by atoms with Crippen LogP contribution in [0, 0.1) is 0 Å². The molecule has 0 unspecified atom stereocenters. The van der Waals surface area contributed by atoms with E-state index in [0.717, 1.165) is 24.3 Å². The Hall–Kier alpha value is -1.96. The summed E-state index contributed by atoms with van der Waals surface area (Å²) in [5.74, 6) is -0.543. The Bertz CT molecular complexity index is 446. The molecule has 1 rings (SSSR count). The van der Waals surface area contributed by atoms with Crippen molar-refractivity contribution in [2.75, 3.05) is 4.90 Å². The number of carbonyl (C=O) groups is 2. The second-order valence-corrected chi connectivity index (χ2v) is 3.24. The van der Waals surface area contributed by atoms with Gasteiger partial charge in [0.15, 0.2) is 0 Å². The van der Waals surface area contributed by atoms with Crippen molar-refractivity contribution in [2.24, 2.45) is 0 Å². The van der Waals surface area contributed by atoms with Gasteiger partial charge in [-0.3, -0.25) is 4.79 Å². The Morgan fingerprint density at radius 3 is 2.06 bits per heavy atom. The third-order valence-electron chi connectivity index (χ3n) is 1.70. The molecule has 0 atom stereocenters. The first-order valence-corrected chi connectivity index (χ1v) is 4.67. The van der Waals surface area contributed by atoms with Gasteiger partial charge in [0.05, 0.1) is 5.69 Å². The van der Waals surface area contributed by atoms with Crippen molar-refractivity contribution in [1.29, 1.82) is 0 Å². The van der Waals surface area contributed by atoms with Crippen molar-refractivity contribution in [3.63, 3.8) is 0 Å². The van der Waals surface area contributed by atoms with Crippen molar-refractivity contribution in [2.45, 2.75) is 6.36 Å². The van der Waals surface area contributed by atoms with E-state index in [1.54, 1.807) is 0 Å². The van der Waals surface area contributed by atoms with E-state index in [-0.39, 0.29) is 10.6 Å². The van der Waals surface area contributed by atoms with E-state index in [4.69, 9.17) is 16.7 Å². The van der Waals surface area contributed by atoms with Crippen LogP contribution < -0.4 is 9.64 Å². The Morgan fingerprint density at radius 1 is 1.22 bits per heavy atom. The molecule has 1 aromatic carbocycles. The van der Waals surface area contributed by atoms with Gasteiger partial charge >= 0.3 is 17.8 Å². The van der Waals surface area contributed by atoms with Gasteiger partial charge in [-0.25, -0.2) is 9.69 Å². The van der Waals surface area contributed by atoms with Gasteiger partial charge in [-0.2, -0.15) is 0 Å². The summed E-state index contributed by atoms with van der Waals surface area (Å²) in [5.41, 5.74) is -0.197. The lowest BCUT2D eigenvalue weighted by atomic mass is 10.3. The van der Waals surface area contributed by atoms with E-state index in [1.165, 1.54) is 0 Å². The maximum absolute atomic E-state index is 11.9. The Kier molecular flexibility index (Phi) is 4.02. The van der Waals surface area contributed by atoms with Crippen molar-refractivity contribution >= 4 is 28.7 Å². The molecule has 5 nitrogen and oxygen atoms in total. The molecule has 0 aromatic heterocycles. The van der Waals surface area contributed by atoms with Gasteiger partial charge in [0.25, 0.3) is 0 Å². The fourth-order valence-corrected chi connectivity index (χ4v) is 1.25. The van der Waals surface area contributed by atoms with Crippen molar-refractivity contribution in [3.05, 3.63) is 24.3 Å². The number of nitrogens with zero attached hydrogens (tertiary/aromatic N) is 1. The summed E-state index contributed by atoms with van der Waals surface area (Å²) in [7, 11) is 0.